The highest BCUT2D eigenvalue weighted by Crippen LogP contribution is 2.26. The molecule has 2 amide bonds. The average molecular weight is 693 g/mol. The van der Waals surface area contributed by atoms with Gasteiger partial charge in [-0.2, -0.15) is 0 Å². The largest absolute Gasteiger partial charge is 0.457 e. The fourth-order valence-electron chi connectivity index (χ4n) is 4.76. The summed E-state index contributed by atoms with van der Waals surface area (Å²) >= 11 is 3.49. The molecule has 0 heterocycles. The number of anilines is 1. The predicted octanol–water partition coefficient (Wildman–Crippen LogP) is 6.56. The molecule has 0 aliphatic rings. The minimum absolute atomic E-state index is 0.0921. The molecule has 236 valence electrons. The second-order valence-electron chi connectivity index (χ2n) is 11.8. The molecular weight excluding hydrogens is 654 g/mol. The van der Waals surface area contributed by atoms with Gasteiger partial charge in [0.2, 0.25) is 21.8 Å². The van der Waals surface area contributed by atoms with Crippen molar-refractivity contribution in [3.8, 4) is 11.5 Å². The molecule has 1 N–H and O–H groups in total. The number of amides is 2. The van der Waals surface area contributed by atoms with Crippen molar-refractivity contribution in [2.75, 3.05) is 17.1 Å². The van der Waals surface area contributed by atoms with Crippen molar-refractivity contribution in [1.82, 2.24) is 10.2 Å². The molecule has 10 heteroatoms. The molecular formula is C35H38BrN3O5S. The zero-order valence-corrected chi connectivity index (χ0v) is 28.2. The average Bonchev–Trinajstić information content (AvgIpc) is 2.98. The third kappa shape index (κ3) is 10.2. The van der Waals surface area contributed by atoms with Crippen LogP contribution in [0.4, 0.5) is 5.69 Å². The molecule has 0 aromatic heterocycles. The van der Waals surface area contributed by atoms with E-state index in [9.17, 15) is 18.0 Å². The second-order valence-corrected chi connectivity index (χ2v) is 14.6. The zero-order valence-electron chi connectivity index (χ0n) is 25.8. The number of benzene rings is 4. The molecule has 0 spiro atoms. The molecule has 0 radical (unpaired) electrons. The molecule has 0 aliphatic carbocycles. The zero-order chi connectivity index (χ0) is 32.6. The summed E-state index contributed by atoms with van der Waals surface area (Å²) < 4.78 is 33.9. The maximum absolute atomic E-state index is 14.3. The minimum atomic E-state index is -3.89. The fourth-order valence-corrected chi connectivity index (χ4v) is 6.05. The summed E-state index contributed by atoms with van der Waals surface area (Å²) in [6, 6.07) is 31.7. The van der Waals surface area contributed by atoms with Gasteiger partial charge in [0, 0.05) is 23.0 Å². The van der Waals surface area contributed by atoms with Gasteiger partial charge in [-0.3, -0.25) is 13.9 Å². The maximum Gasteiger partial charge on any atom is 0.244 e. The van der Waals surface area contributed by atoms with E-state index < -0.39 is 34.1 Å². The lowest BCUT2D eigenvalue weighted by molar-refractivity contribution is -0.140. The number of hydrogen-bond donors (Lipinski definition) is 1. The molecule has 8 nitrogen and oxygen atoms in total. The van der Waals surface area contributed by atoms with Crippen LogP contribution in [0.25, 0.3) is 0 Å². The fraction of sp³-hybridized carbons (Fsp3) is 0.257. The molecule has 0 saturated heterocycles. The SMILES string of the molecule is CC(C)(C)NC(=O)[C@H](Cc1ccccc1)N(Cc1cccc(Br)c1)C(=O)CN(c1ccc(Oc2ccccc2)cc1)S(C)(=O)=O. The monoisotopic (exact) mass is 691 g/mol. The predicted molar refractivity (Wildman–Crippen MR) is 182 cm³/mol. The van der Waals surface area contributed by atoms with E-state index in [0.717, 1.165) is 26.2 Å². The van der Waals surface area contributed by atoms with E-state index in [0.29, 0.717) is 17.2 Å². The molecule has 4 aromatic carbocycles. The van der Waals surface area contributed by atoms with Crippen LogP contribution < -0.4 is 14.4 Å². The van der Waals surface area contributed by atoms with Gasteiger partial charge in [-0.1, -0.05) is 76.6 Å². The van der Waals surface area contributed by atoms with Gasteiger partial charge in [-0.15, -0.1) is 0 Å². The summed E-state index contributed by atoms with van der Waals surface area (Å²) in [7, 11) is -3.89. The second kappa shape index (κ2) is 14.8. The number of sulfonamides is 1. The van der Waals surface area contributed by atoms with Crippen molar-refractivity contribution in [2.24, 2.45) is 0 Å². The number of rotatable bonds is 12. The number of ether oxygens (including phenoxy) is 1. The van der Waals surface area contributed by atoms with Crippen LogP contribution in [0.1, 0.15) is 31.9 Å². The summed E-state index contributed by atoms with van der Waals surface area (Å²) in [5.41, 5.74) is 1.39. The van der Waals surface area contributed by atoms with Gasteiger partial charge < -0.3 is 15.0 Å². The van der Waals surface area contributed by atoms with E-state index in [1.165, 1.54) is 4.90 Å². The van der Waals surface area contributed by atoms with E-state index in [1.54, 1.807) is 24.3 Å². The van der Waals surface area contributed by atoms with Crippen LogP contribution in [0.2, 0.25) is 0 Å². The summed E-state index contributed by atoms with van der Waals surface area (Å²) in [5.74, 6) is 0.308. The molecule has 45 heavy (non-hydrogen) atoms. The van der Waals surface area contributed by atoms with E-state index in [1.807, 2.05) is 106 Å². The molecule has 0 bridgehead atoms. The number of carbonyl (C=O) groups excluding carboxylic acids is 2. The Hall–Kier alpha value is -4.15. The Morgan fingerprint density at radius 2 is 1.40 bits per heavy atom. The maximum atomic E-state index is 14.3. The normalized spacial score (nSPS) is 12.2. The van der Waals surface area contributed by atoms with Crippen LogP contribution in [0.15, 0.2) is 114 Å². The first kappa shape index (κ1) is 33.7. The quantitative estimate of drug-likeness (QED) is 0.182. The first-order chi connectivity index (χ1) is 21.3. The molecule has 4 rings (SSSR count). The molecule has 1 atom stereocenters. The van der Waals surface area contributed by atoms with E-state index in [4.69, 9.17) is 4.74 Å². The van der Waals surface area contributed by atoms with Crippen LogP contribution in [-0.4, -0.2) is 49.5 Å². The van der Waals surface area contributed by atoms with Gasteiger partial charge in [0.25, 0.3) is 0 Å². The Morgan fingerprint density at radius 1 is 0.822 bits per heavy atom. The van der Waals surface area contributed by atoms with Gasteiger partial charge in [0.1, 0.15) is 24.1 Å². The first-order valence-electron chi connectivity index (χ1n) is 14.5. The molecule has 0 unspecified atom stereocenters. The lowest BCUT2D eigenvalue weighted by Crippen LogP contribution is -2.56. The number of nitrogens with zero attached hydrogens (tertiary/aromatic N) is 2. The molecule has 0 aliphatic heterocycles. The van der Waals surface area contributed by atoms with Crippen molar-refractivity contribution < 1.29 is 22.7 Å². The Labute approximate surface area is 274 Å². The smallest absolute Gasteiger partial charge is 0.244 e. The van der Waals surface area contributed by atoms with Crippen LogP contribution in [0.3, 0.4) is 0 Å². The van der Waals surface area contributed by atoms with Gasteiger partial charge in [-0.25, -0.2) is 8.42 Å². The van der Waals surface area contributed by atoms with Crippen molar-refractivity contribution in [3.63, 3.8) is 0 Å². The minimum Gasteiger partial charge on any atom is -0.457 e. The number of carbonyl (C=O) groups is 2. The van der Waals surface area contributed by atoms with E-state index >= 15 is 0 Å². The summed E-state index contributed by atoms with van der Waals surface area (Å²) in [4.78, 5) is 29.6. The van der Waals surface area contributed by atoms with E-state index in [-0.39, 0.29) is 18.9 Å². The van der Waals surface area contributed by atoms with Crippen LogP contribution in [0.5, 0.6) is 11.5 Å². The number of hydrogen-bond acceptors (Lipinski definition) is 5. The van der Waals surface area contributed by atoms with Gasteiger partial charge >= 0.3 is 0 Å². The van der Waals surface area contributed by atoms with Crippen LogP contribution in [-0.2, 0) is 32.6 Å². The van der Waals surface area contributed by atoms with E-state index in [2.05, 4.69) is 21.2 Å². The highest BCUT2D eigenvalue weighted by molar-refractivity contribution is 9.10. The van der Waals surface area contributed by atoms with Gasteiger partial charge in [0.05, 0.1) is 11.9 Å². The number of halogens is 1. The molecule has 4 aromatic rings. The third-order valence-electron chi connectivity index (χ3n) is 6.79. The van der Waals surface area contributed by atoms with Gasteiger partial charge in [0.15, 0.2) is 0 Å². The molecule has 0 saturated carbocycles. The Kier molecular flexibility index (Phi) is 11.1. The first-order valence-corrected chi connectivity index (χ1v) is 17.1. The summed E-state index contributed by atoms with van der Waals surface area (Å²) in [6.45, 7) is 5.22. The Bertz CT molecular complexity index is 1690. The standard InChI is InChI=1S/C35H38BrN3O5S/c1-35(2,3)37-34(41)32(23-26-12-7-5-8-13-26)38(24-27-14-11-15-28(36)22-27)33(40)25-39(45(4,42)43)29-18-20-31(21-19-29)44-30-16-9-6-10-17-30/h5-22,32H,23-25H2,1-4H3,(H,37,41)/t32-/m0/s1. The summed E-state index contributed by atoms with van der Waals surface area (Å²) in [6.07, 6.45) is 1.30. The van der Waals surface area contributed by atoms with Crippen molar-refractivity contribution >= 4 is 43.5 Å². The lowest BCUT2D eigenvalue weighted by atomic mass is 10.0. The van der Waals surface area contributed by atoms with Crippen molar-refractivity contribution in [1.29, 1.82) is 0 Å². The van der Waals surface area contributed by atoms with Crippen LogP contribution in [0, 0.1) is 0 Å². The highest BCUT2D eigenvalue weighted by Gasteiger charge is 2.34. The topological polar surface area (TPSA) is 96.0 Å². The number of nitrogens with one attached hydrogen (secondary N) is 1. The Balaban J connectivity index is 1.69. The lowest BCUT2D eigenvalue weighted by Gasteiger charge is -2.35. The van der Waals surface area contributed by atoms with Gasteiger partial charge in [-0.05, 0) is 80.4 Å². The van der Waals surface area contributed by atoms with Crippen molar-refractivity contribution in [3.05, 3.63) is 125 Å². The Morgan fingerprint density at radius 3 is 1.98 bits per heavy atom. The third-order valence-corrected chi connectivity index (χ3v) is 8.43. The van der Waals surface area contributed by atoms with Crippen LogP contribution >= 0.6 is 15.9 Å². The van der Waals surface area contributed by atoms with Crippen molar-refractivity contribution in [2.45, 2.75) is 45.3 Å². The summed E-state index contributed by atoms with van der Waals surface area (Å²) in [5, 5.41) is 3.03. The highest BCUT2D eigenvalue weighted by atomic mass is 79.9. The number of para-hydroxylation sites is 1. The molecule has 0 fully saturated rings.